The van der Waals surface area contributed by atoms with E-state index in [4.69, 9.17) is 10.5 Å². The molecule has 0 aliphatic rings. The first-order valence-electron chi connectivity index (χ1n) is 6.12. The molecule has 0 saturated carbocycles. The summed E-state index contributed by atoms with van der Waals surface area (Å²) in [7, 11) is 0. The molecule has 20 heavy (non-hydrogen) atoms. The average molecular weight is 342 g/mol. The van der Waals surface area contributed by atoms with Crippen LogP contribution in [0.2, 0.25) is 0 Å². The van der Waals surface area contributed by atoms with Gasteiger partial charge < -0.3 is 10.5 Å². The molecule has 106 valence electrons. The smallest absolute Gasteiger partial charge is 0.166 e. The lowest BCUT2D eigenvalue weighted by Crippen LogP contribution is -2.17. The van der Waals surface area contributed by atoms with Crippen molar-refractivity contribution in [2.75, 3.05) is 0 Å². The molecule has 0 heterocycles. The molecule has 0 saturated heterocycles. The predicted molar refractivity (Wildman–Crippen MR) is 77.9 cm³/mol. The van der Waals surface area contributed by atoms with Crippen LogP contribution in [0.4, 0.5) is 8.78 Å². The average Bonchev–Trinajstić information content (AvgIpc) is 2.36. The first-order valence-corrected chi connectivity index (χ1v) is 6.92. The summed E-state index contributed by atoms with van der Waals surface area (Å²) in [5.74, 6) is -0.891. The normalized spacial score (nSPS) is 12.2. The summed E-state index contributed by atoms with van der Waals surface area (Å²) < 4.78 is 32.7. The minimum absolute atomic E-state index is 0.0503. The minimum Gasteiger partial charge on any atom is -0.453 e. The first-order chi connectivity index (χ1) is 9.45. The zero-order valence-corrected chi connectivity index (χ0v) is 12.5. The van der Waals surface area contributed by atoms with Crippen LogP contribution in [-0.4, -0.2) is 6.04 Å². The molecule has 2 nitrogen and oxygen atoms in total. The van der Waals surface area contributed by atoms with Gasteiger partial charge in [0.2, 0.25) is 0 Å². The minimum atomic E-state index is -0.613. The topological polar surface area (TPSA) is 35.2 Å². The van der Waals surface area contributed by atoms with Crippen molar-refractivity contribution in [3.8, 4) is 11.5 Å². The molecule has 2 aromatic carbocycles. The molecular weight excluding hydrogens is 328 g/mol. The van der Waals surface area contributed by atoms with Gasteiger partial charge >= 0.3 is 0 Å². The van der Waals surface area contributed by atoms with Crippen molar-refractivity contribution in [1.29, 1.82) is 0 Å². The van der Waals surface area contributed by atoms with Crippen molar-refractivity contribution in [2.45, 2.75) is 19.4 Å². The number of benzene rings is 2. The molecule has 0 radical (unpaired) electrons. The molecule has 1 unspecified atom stereocenters. The number of hydrogen-bond acceptors (Lipinski definition) is 2. The molecule has 0 bridgehead atoms. The highest BCUT2D eigenvalue weighted by Crippen LogP contribution is 2.32. The highest BCUT2D eigenvalue weighted by Gasteiger charge is 2.10. The van der Waals surface area contributed by atoms with Gasteiger partial charge in [-0.25, -0.2) is 8.78 Å². The molecule has 0 aromatic heterocycles. The lowest BCUT2D eigenvalue weighted by atomic mass is 10.1. The number of nitrogens with two attached hydrogens (primary N) is 1. The van der Waals surface area contributed by atoms with Crippen LogP contribution in [0.5, 0.6) is 11.5 Å². The van der Waals surface area contributed by atoms with Crippen molar-refractivity contribution in [2.24, 2.45) is 5.73 Å². The molecule has 0 amide bonds. The van der Waals surface area contributed by atoms with Crippen LogP contribution in [0.3, 0.4) is 0 Å². The Balaban J connectivity index is 2.23. The molecule has 5 heteroatoms. The van der Waals surface area contributed by atoms with E-state index in [-0.39, 0.29) is 11.8 Å². The van der Waals surface area contributed by atoms with Gasteiger partial charge in [0.1, 0.15) is 11.6 Å². The third-order valence-electron chi connectivity index (χ3n) is 2.67. The fraction of sp³-hybridized carbons (Fsp3) is 0.200. The fourth-order valence-electron chi connectivity index (χ4n) is 1.80. The van der Waals surface area contributed by atoms with E-state index in [2.05, 4.69) is 15.9 Å². The summed E-state index contributed by atoms with van der Waals surface area (Å²) in [5.41, 5.74) is 6.78. The van der Waals surface area contributed by atoms with Crippen LogP contribution < -0.4 is 10.5 Å². The van der Waals surface area contributed by atoms with Crippen molar-refractivity contribution < 1.29 is 13.5 Å². The van der Waals surface area contributed by atoms with E-state index in [0.717, 1.165) is 30.2 Å². The van der Waals surface area contributed by atoms with Crippen molar-refractivity contribution >= 4 is 15.9 Å². The summed E-state index contributed by atoms with van der Waals surface area (Å²) in [6, 6.07) is 8.54. The summed E-state index contributed by atoms with van der Waals surface area (Å²) in [4.78, 5) is 0. The van der Waals surface area contributed by atoms with Gasteiger partial charge in [-0.05, 0) is 59.1 Å². The molecule has 2 aromatic rings. The largest absolute Gasteiger partial charge is 0.453 e. The van der Waals surface area contributed by atoms with Gasteiger partial charge in [-0.1, -0.05) is 6.07 Å². The van der Waals surface area contributed by atoms with Crippen LogP contribution in [0.15, 0.2) is 40.9 Å². The Bertz CT molecular complexity index is 617. The maximum Gasteiger partial charge on any atom is 0.166 e. The molecule has 0 spiro atoms. The van der Waals surface area contributed by atoms with Gasteiger partial charge in [0, 0.05) is 12.1 Å². The third kappa shape index (κ3) is 3.77. The predicted octanol–water partition coefficient (Wildman–Crippen LogP) is 4.41. The van der Waals surface area contributed by atoms with Gasteiger partial charge in [-0.2, -0.15) is 0 Å². The molecule has 0 aliphatic carbocycles. The molecule has 1 atom stereocenters. The van der Waals surface area contributed by atoms with Gasteiger partial charge in [0.05, 0.1) is 4.47 Å². The Morgan fingerprint density at radius 3 is 2.55 bits per heavy atom. The highest BCUT2D eigenvalue weighted by atomic mass is 79.9. The summed E-state index contributed by atoms with van der Waals surface area (Å²) in [5, 5.41) is 0. The van der Waals surface area contributed by atoms with Crippen LogP contribution in [0.25, 0.3) is 0 Å². The van der Waals surface area contributed by atoms with E-state index in [1.54, 1.807) is 6.07 Å². The zero-order valence-electron chi connectivity index (χ0n) is 10.9. The van der Waals surface area contributed by atoms with Crippen LogP contribution in [-0.2, 0) is 6.42 Å². The second-order valence-electron chi connectivity index (χ2n) is 4.62. The van der Waals surface area contributed by atoms with Crippen LogP contribution >= 0.6 is 15.9 Å². The molecule has 2 N–H and O–H groups in total. The highest BCUT2D eigenvalue weighted by molar-refractivity contribution is 9.10. The van der Waals surface area contributed by atoms with Crippen LogP contribution in [0.1, 0.15) is 12.5 Å². The Labute approximate surface area is 124 Å². The van der Waals surface area contributed by atoms with Gasteiger partial charge in [-0.3, -0.25) is 0 Å². The first kappa shape index (κ1) is 14.9. The monoisotopic (exact) mass is 341 g/mol. The van der Waals surface area contributed by atoms with Crippen LogP contribution in [0, 0.1) is 11.6 Å². The summed E-state index contributed by atoms with van der Waals surface area (Å²) >= 11 is 3.36. The van der Waals surface area contributed by atoms with Gasteiger partial charge in [-0.15, -0.1) is 0 Å². The number of hydrogen-bond donors (Lipinski definition) is 1. The van der Waals surface area contributed by atoms with Gasteiger partial charge in [0.25, 0.3) is 0 Å². The lowest BCUT2D eigenvalue weighted by Gasteiger charge is -2.11. The zero-order chi connectivity index (χ0) is 14.7. The second kappa shape index (κ2) is 6.33. The summed E-state index contributed by atoms with van der Waals surface area (Å²) in [6.07, 6.45) is 0.729. The number of rotatable bonds is 4. The number of ether oxygens (including phenoxy) is 1. The maximum atomic E-state index is 13.5. The Kier molecular flexibility index (Phi) is 4.73. The summed E-state index contributed by atoms with van der Waals surface area (Å²) in [6.45, 7) is 1.92. The fourth-order valence-corrected chi connectivity index (χ4v) is 2.31. The molecular formula is C15H14BrF2NO. The third-order valence-corrected chi connectivity index (χ3v) is 3.29. The van der Waals surface area contributed by atoms with E-state index in [0.29, 0.717) is 10.2 Å². The Morgan fingerprint density at radius 1 is 1.15 bits per heavy atom. The van der Waals surface area contributed by atoms with Crippen molar-refractivity contribution in [3.05, 3.63) is 58.1 Å². The van der Waals surface area contributed by atoms with E-state index >= 15 is 0 Å². The molecule has 0 fully saturated rings. The van der Waals surface area contributed by atoms with E-state index < -0.39 is 11.6 Å². The SMILES string of the molecule is CC(N)Cc1ccc(Oc2cc(F)ccc2F)c(Br)c1. The standard InChI is InChI=1S/C15H14BrF2NO/c1-9(19)6-10-2-5-14(12(16)7-10)20-15-8-11(17)3-4-13(15)18/h2-5,7-9H,6,19H2,1H3. The molecule has 0 aliphatic heterocycles. The van der Waals surface area contributed by atoms with Crippen molar-refractivity contribution in [1.82, 2.24) is 0 Å². The van der Waals surface area contributed by atoms with E-state index in [1.807, 2.05) is 19.1 Å². The maximum absolute atomic E-state index is 13.5. The number of halogens is 3. The molecule has 2 rings (SSSR count). The second-order valence-corrected chi connectivity index (χ2v) is 5.48. The van der Waals surface area contributed by atoms with E-state index in [9.17, 15) is 8.78 Å². The lowest BCUT2D eigenvalue weighted by molar-refractivity contribution is 0.434. The Morgan fingerprint density at radius 2 is 1.90 bits per heavy atom. The van der Waals surface area contributed by atoms with Crippen molar-refractivity contribution in [3.63, 3.8) is 0 Å². The Hall–Kier alpha value is -1.46. The van der Waals surface area contributed by atoms with E-state index in [1.165, 1.54) is 0 Å². The van der Waals surface area contributed by atoms with Gasteiger partial charge in [0.15, 0.2) is 11.6 Å². The quantitative estimate of drug-likeness (QED) is 0.893.